The van der Waals surface area contributed by atoms with E-state index in [2.05, 4.69) is 241 Å². The molecule has 1 aliphatic carbocycles. The van der Waals surface area contributed by atoms with Crippen molar-refractivity contribution in [2.75, 3.05) is 4.90 Å². The van der Waals surface area contributed by atoms with Gasteiger partial charge in [0.25, 0.3) is 0 Å². The molecule has 12 rings (SSSR count). The first kappa shape index (κ1) is 35.0. The van der Waals surface area contributed by atoms with Gasteiger partial charge in [-0.2, -0.15) is 0 Å². The van der Waals surface area contributed by atoms with Crippen LogP contribution in [0.1, 0.15) is 22.3 Å². The van der Waals surface area contributed by atoms with E-state index in [1.54, 1.807) is 0 Å². The third-order valence-electron chi connectivity index (χ3n) is 12.7. The Morgan fingerprint density at radius 2 is 0.902 bits per heavy atom. The Balaban J connectivity index is 1.08. The highest BCUT2D eigenvalue weighted by molar-refractivity contribution is 6.20. The molecular formula is C59H39NO. The Labute approximate surface area is 355 Å². The second-order valence-electron chi connectivity index (χ2n) is 16.0. The fraction of sp³-hybridized carbons (Fsp3) is 0.0169. The minimum atomic E-state index is -0.516. The average Bonchev–Trinajstić information content (AvgIpc) is 3.86. The summed E-state index contributed by atoms with van der Waals surface area (Å²) in [4.78, 5) is 2.44. The Bertz CT molecular complexity index is 3370. The normalized spacial score (nSPS) is 12.7. The fourth-order valence-electron chi connectivity index (χ4n) is 10.0. The van der Waals surface area contributed by atoms with Gasteiger partial charge in [-0.15, -0.1) is 0 Å². The van der Waals surface area contributed by atoms with E-state index in [9.17, 15) is 0 Å². The van der Waals surface area contributed by atoms with Crippen LogP contribution in [0.15, 0.2) is 241 Å². The van der Waals surface area contributed by atoms with E-state index in [0.29, 0.717) is 0 Å². The maximum absolute atomic E-state index is 6.89. The monoisotopic (exact) mass is 777 g/mol. The molecule has 11 aromatic rings. The molecule has 10 aromatic carbocycles. The maximum atomic E-state index is 6.89. The third-order valence-corrected chi connectivity index (χ3v) is 12.7. The van der Waals surface area contributed by atoms with Crippen molar-refractivity contribution in [3.05, 3.63) is 259 Å². The van der Waals surface area contributed by atoms with Crippen LogP contribution in [0.4, 0.5) is 17.1 Å². The highest BCUT2D eigenvalue weighted by Gasteiger charge is 2.46. The molecule has 2 heteroatoms. The molecule has 0 bridgehead atoms. The lowest BCUT2D eigenvalue weighted by Gasteiger charge is -2.35. The first-order chi connectivity index (χ1) is 30.3. The van der Waals surface area contributed by atoms with Crippen LogP contribution in [0.5, 0.6) is 0 Å². The quantitative estimate of drug-likeness (QED) is 0.160. The summed E-state index contributed by atoms with van der Waals surface area (Å²) >= 11 is 0. The minimum absolute atomic E-state index is 0.516. The van der Waals surface area contributed by atoms with Gasteiger partial charge >= 0.3 is 0 Å². The molecule has 61 heavy (non-hydrogen) atoms. The SMILES string of the molecule is c1ccc(-c2cccc(-c3ccc4c(c3)oc3c5ccccc5c(N(c5ccccc5)c5ccc6c(c5)C(c5ccccc5)(c5ccccc5)c5ccccc5-6)cc43)c2)cc1. The molecule has 0 unspecified atom stereocenters. The number of fused-ring (bicyclic) bond motifs is 8. The van der Waals surface area contributed by atoms with Crippen molar-refractivity contribution >= 4 is 49.8 Å². The van der Waals surface area contributed by atoms with Crippen LogP contribution in [-0.4, -0.2) is 0 Å². The molecule has 0 spiro atoms. The van der Waals surface area contributed by atoms with Crippen LogP contribution in [0.3, 0.4) is 0 Å². The van der Waals surface area contributed by atoms with Gasteiger partial charge in [0.05, 0.1) is 11.1 Å². The molecule has 0 radical (unpaired) electrons. The molecule has 286 valence electrons. The number of benzene rings is 10. The molecule has 0 N–H and O–H groups in total. The molecule has 0 atom stereocenters. The van der Waals surface area contributed by atoms with E-state index in [-0.39, 0.29) is 0 Å². The summed E-state index contributed by atoms with van der Waals surface area (Å²) in [6.07, 6.45) is 0. The summed E-state index contributed by atoms with van der Waals surface area (Å²) in [5.41, 5.74) is 16.8. The van der Waals surface area contributed by atoms with Gasteiger partial charge in [0.15, 0.2) is 0 Å². The van der Waals surface area contributed by atoms with Crippen molar-refractivity contribution in [1.82, 2.24) is 0 Å². The van der Waals surface area contributed by atoms with Crippen molar-refractivity contribution in [3.8, 4) is 33.4 Å². The number of furan rings is 1. The third kappa shape index (κ3) is 5.50. The van der Waals surface area contributed by atoms with Crippen molar-refractivity contribution in [1.29, 1.82) is 0 Å². The van der Waals surface area contributed by atoms with Crippen LogP contribution >= 0.6 is 0 Å². The van der Waals surface area contributed by atoms with Crippen molar-refractivity contribution in [2.24, 2.45) is 0 Å². The summed E-state index contributed by atoms with van der Waals surface area (Å²) < 4.78 is 6.89. The zero-order valence-electron chi connectivity index (χ0n) is 33.4. The van der Waals surface area contributed by atoms with E-state index < -0.39 is 5.41 Å². The molecule has 2 nitrogen and oxygen atoms in total. The van der Waals surface area contributed by atoms with E-state index in [1.807, 2.05) is 0 Å². The molecule has 0 fully saturated rings. The van der Waals surface area contributed by atoms with Gasteiger partial charge in [0.1, 0.15) is 11.2 Å². The lowest BCUT2D eigenvalue weighted by atomic mass is 9.67. The van der Waals surface area contributed by atoms with Gasteiger partial charge in [-0.3, -0.25) is 0 Å². The number of anilines is 3. The van der Waals surface area contributed by atoms with Crippen LogP contribution in [0.2, 0.25) is 0 Å². The van der Waals surface area contributed by atoms with Crippen LogP contribution in [0.25, 0.3) is 66.1 Å². The second-order valence-corrected chi connectivity index (χ2v) is 16.0. The summed E-state index contributed by atoms with van der Waals surface area (Å²) in [6, 6.07) is 85.9. The summed E-state index contributed by atoms with van der Waals surface area (Å²) in [5, 5.41) is 4.38. The predicted molar refractivity (Wildman–Crippen MR) is 254 cm³/mol. The zero-order chi connectivity index (χ0) is 40.3. The molecule has 1 aliphatic rings. The lowest BCUT2D eigenvalue weighted by molar-refractivity contribution is 0.673. The molecule has 0 saturated carbocycles. The van der Waals surface area contributed by atoms with E-state index in [0.717, 1.165) is 60.9 Å². The molecular weight excluding hydrogens is 739 g/mol. The van der Waals surface area contributed by atoms with Gasteiger partial charge in [-0.1, -0.05) is 188 Å². The van der Waals surface area contributed by atoms with Gasteiger partial charge in [-0.25, -0.2) is 0 Å². The van der Waals surface area contributed by atoms with Crippen molar-refractivity contribution in [2.45, 2.75) is 5.41 Å². The molecule has 1 aromatic heterocycles. The number of hydrogen-bond donors (Lipinski definition) is 0. The second kappa shape index (κ2) is 14.1. The van der Waals surface area contributed by atoms with Crippen LogP contribution in [-0.2, 0) is 5.41 Å². The lowest BCUT2D eigenvalue weighted by Crippen LogP contribution is -2.28. The van der Waals surface area contributed by atoms with Gasteiger partial charge in [0, 0.05) is 32.9 Å². The maximum Gasteiger partial charge on any atom is 0.143 e. The number of rotatable bonds is 7. The van der Waals surface area contributed by atoms with E-state index in [4.69, 9.17) is 4.42 Å². The zero-order valence-corrected chi connectivity index (χ0v) is 33.4. The van der Waals surface area contributed by atoms with Gasteiger partial charge in [-0.05, 0) is 104 Å². The molecule has 0 amide bonds. The first-order valence-corrected chi connectivity index (χ1v) is 21.0. The Hall–Kier alpha value is -7.94. The largest absolute Gasteiger partial charge is 0.455 e. The van der Waals surface area contributed by atoms with Crippen LogP contribution < -0.4 is 4.90 Å². The predicted octanol–water partition coefficient (Wildman–Crippen LogP) is 15.9. The number of para-hydroxylation sites is 1. The summed E-state index contributed by atoms with van der Waals surface area (Å²) in [6.45, 7) is 0. The topological polar surface area (TPSA) is 16.4 Å². The molecule has 0 saturated heterocycles. The van der Waals surface area contributed by atoms with E-state index >= 15 is 0 Å². The number of hydrogen-bond acceptors (Lipinski definition) is 2. The summed E-state index contributed by atoms with van der Waals surface area (Å²) in [7, 11) is 0. The van der Waals surface area contributed by atoms with Gasteiger partial charge < -0.3 is 9.32 Å². The minimum Gasteiger partial charge on any atom is -0.455 e. The van der Waals surface area contributed by atoms with E-state index in [1.165, 1.54) is 44.5 Å². The molecule has 0 aliphatic heterocycles. The Morgan fingerprint density at radius 3 is 1.64 bits per heavy atom. The molecule has 1 heterocycles. The highest BCUT2D eigenvalue weighted by Crippen LogP contribution is 2.57. The summed E-state index contributed by atoms with van der Waals surface area (Å²) in [5.74, 6) is 0. The van der Waals surface area contributed by atoms with Crippen molar-refractivity contribution < 1.29 is 4.42 Å². The number of nitrogens with zero attached hydrogens (tertiary/aromatic N) is 1. The van der Waals surface area contributed by atoms with Crippen molar-refractivity contribution in [3.63, 3.8) is 0 Å². The fourth-order valence-corrected chi connectivity index (χ4v) is 10.0. The average molecular weight is 778 g/mol. The Kier molecular flexibility index (Phi) is 8.11. The first-order valence-electron chi connectivity index (χ1n) is 21.0. The van der Waals surface area contributed by atoms with Crippen LogP contribution in [0, 0.1) is 0 Å². The van der Waals surface area contributed by atoms with Gasteiger partial charge in [0.2, 0.25) is 0 Å². The smallest absolute Gasteiger partial charge is 0.143 e. The Morgan fingerprint density at radius 1 is 0.328 bits per heavy atom. The standard InChI is InChI=1S/C59H39NO/c1-5-18-40(19-6-1)41-20-17-21-42(36-41)43-32-34-51-53-39-56(50-29-13-14-30-52(50)58(53)61-57(51)37-43)60(46-26-11-4-12-27-46)47-33-35-49-48-28-15-16-31-54(48)59(55(49)38-47,44-22-7-2-8-23-44)45-24-9-3-10-25-45/h1-39H. The highest BCUT2D eigenvalue weighted by atomic mass is 16.3.